The van der Waals surface area contributed by atoms with E-state index < -0.39 is 0 Å². The summed E-state index contributed by atoms with van der Waals surface area (Å²) in [5.74, 6) is 0. The Kier molecular flexibility index (Phi) is 3.08. The monoisotopic (exact) mass is 227 g/mol. The van der Waals surface area contributed by atoms with Crippen molar-refractivity contribution in [3.63, 3.8) is 0 Å². The van der Waals surface area contributed by atoms with Gasteiger partial charge >= 0.3 is 0 Å². The number of methoxy groups -OCH3 is 1. The Morgan fingerprint density at radius 2 is 2.40 bits per heavy atom. The number of alkyl halides is 1. The van der Waals surface area contributed by atoms with E-state index in [2.05, 4.69) is 20.5 Å². The Morgan fingerprint density at radius 3 is 3.20 bits per heavy atom. The van der Waals surface area contributed by atoms with E-state index in [4.69, 9.17) is 16.3 Å². The van der Waals surface area contributed by atoms with Crippen molar-refractivity contribution in [2.45, 2.75) is 11.8 Å². The summed E-state index contributed by atoms with van der Waals surface area (Å²) in [6.45, 7) is 0.486. The van der Waals surface area contributed by atoms with Gasteiger partial charge in [0.25, 0.3) is 0 Å². The van der Waals surface area contributed by atoms with Crippen molar-refractivity contribution in [3.05, 3.63) is 18.1 Å². The molecule has 1 atom stereocenters. The van der Waals surface area contributed by atoms with Gasteiger partial charge in [0.1, 0.15) is 0 Å². The smallest absolute Gasteiger partial charge is 0.197 e. The number of ether oxygens (including phenoxy) is 1. The van der Waals surface area contributed by atoms with Gasteiger partial charge in [0, 0.05) is 19.7 Å². The number of tetrazole rings is 1. The molecular formula is C8H10ClN5O. The predicted octanol–water partition coefficient (Wildman–Crippen LogP) is 0.316. The van der Waals surface area contributed by atoms with Gasteiger partial charge in [0.15, 0.2) is 5.65 Å². The lowest BCUT2D eigenvalue weighted by Crippen LogP contribution is -2.13. The molecule has 0 radical (unpaired) electrons. The van der Waals surface area contributed by atoms with Gasteiger partial charge in [-0.1, -0.05) is 0 Å². The Hall–Kier alpha value is -1.27. The average molecular weight is 228 g/mol. The van der Waals surface area contributed by atoms with Crippen LogP contribution in [-0.2, 0) is 11.2 Å². The third-order valence-corrected chi connectivity index (χ3v) is 2.24. The maximum atomic E-state index is 6.05. The highest BCUT2D eigenvalue weighted by Gasteiger charge is 2.10. The molecule has 0 bridgehead atoms. The molecule has 0 aliphatic rings. The maximum absolute atomic E-state index is 6.05. The van der Waals surface area contributed by atoms with Gasteiger partial charge in [0.2, 0.25) is 0 Å². The molecule has 2 aromatic rings. The average Bonchev–Trinajstić information content (AvgIpc) is 2.67. The lowest BCUT2D eigenvalue weighted by atomic mass is 10.2. The second kappa shape index (κ2) is 4.50. The Balaban J connectivity index is 2.23. The second-order valence-corrected chi connectivity index (χ2v) is 3.72. The Morgan fingerprint density at radius 1 is 1.53 bits per heavy atom. The molecule has 0 aromatic carbocycles. The van der Waals surface area contributed by atoms with Crippen LogP contribution in [0.4, 0.5) is 0 Å². The largest absolute Gasteiger partial charge is 0.383 e. The minimum absolute atomic E-state index is 0.105. The number of rotatable bonds is 4. The minimum atomic E-state index is -0.105. The normalized spacial score (nSPS) is 13.2. The molecular weight excluding hydrogens is 218 g/mol. The van der Waals surface area contributed by atoms with Crippen LogP contribution >= 0.6 is 11.6 Å². The summed E-state index contributed by atoms with van der Waals surface area (Å²) < 4.78 is 6.58. The summed E-state index contributed by atoms with van der Waals surface area (Å²) in [4.78, 5) is 4.04. The van der Waals surface area contributed by atoms with Crippen molar-refractivity contribution in [1.29, 1.82) is 0 Å². The standard InChI is InChI=1S/C8H10ClN5O/c1-15-5-6(9)2-7-3-10-4-8-11-12-13-14(7)8/h3-4,6H,2,5H2,1H3. The Labute approximate surface area is 91.2 Å². The molecule has 0 amide bonds. The van der Waals surface area contributed by atoms with Gasteiger partial charge in [-0.15, -0.1) is 16.7 Å². The minimum Gasteiger partial charge on any atom is -0.383 e. The molecule has 0 aliphatic heterocycles. The highest BCUT2D eigenvalue weighted by Crippen LogP contribution is 2.08. The molecule has 7 heteroatoms. The zero-order valence-electron chi connectivity index (χ0n) is 8.17. The van der Waals surface area contributed by atoms with E-state index in [0.29, 0.717) is 18.7 Å². The van der Waals surface area contributed by atoms with Crippen molar-refractivity contribution >= 4 is 17.2 Å². The number of fused-ring (bicyclic) bond motifs is 1. The predicted molar refractivity (Wildman–Crippen MR) is 53.8 cm³/mol. The molecule has 15 heavy (non-hydrogen) atoms. The van der Waals surface area contributed by atoms with Crippen molar-refractivity contribution in [3.8, 4) is 0 Å². The molecule has 0 saturated heterocycles. The highest BCUT2D eigenvalue weighted by molar-refractivity contribution is 6.20. The Bertz CT molecular complexity index is 445. The van der Waals surface area contributed by atoms with Gasteiger partial charge in [0.05, 0.1) is 23.9 Å². The first-order chi connectivity index (χ1) is 7.31. The van der Waals surface area contributed by atoms with E-state index in [1.54, 1.807) is 24.0 Å². The van der Waals surface area contributed by atoms with Gasteiger partial charge in [-0.25, -0.2) is 0 Å². The van der Waals surface area contributed by atoms with Gasteiger partial charge in [-0.2, -0.15) is 4.52 Å². The van der Waals surface area contributed by atoms with E-state index in [1.165, 1.54) is 0 Å². The number of hydrogen-bond donors (Lipinski definition) is 0. The number of hydrogen-bond acceptors (Lipinski definition) is 5. The van der Waals surface area contributed by atoms with Crippen LogP contribution in [0.15, 0.2) is 12.4 Å². The first-order valence-corrected chi connectivity index (χ1v) is 4.89. The van der Waals surface area contributed by atoms with Gasteiger partial charge < -0.3 is 4.74 Å². The second-order valence-electron chi connectivity index (χ2n) is 3.10. The quantitative estimate of drug-likeness (QED) is 0.704. The van der Waals surface area contributed by atoms with Crippen LogP contribution in [0.25, 0.3) is 5.65 Å². The lowest BCUT2D eigenvalue weighted by molar-refractivity contribution is 0.197. The fourth-order valence-electron chi connectivity index (χ4n) is 1.33. The highest BCUT2D eigenvalue weighted by atomic mass is 35.5. The number of halogens is 1. The van der Waals surface area contributed by atoms with Crippen LogP contribution in [0.3, 0.4) is 0 Å². The number of nitrogens with zero attached hydrogens (tertiary/aromatic N) is 5. The molecule has 1 unspecified atom stereocenters. The van der Waals surface area contributed by atoms with E-state index in [0.717, 1.165) is 5.69 Å². The van der Waals surface area contributed by atoms with Crippen molar-refractivity contribution in [1.82, 2.24) is 25.0 Å². The van der Waals surface area contributed by atoms with Crippen molar-refractivity contribution < 1.29 is 4.74 Å². The van der Waals surface area contributed by atoms with Crippen LogP contribution in [0.2, 0.25) is 0 Å². The fourth-order valence-corrected chi connectivity index (χ4v) is 1.61. The molecule has 0 fully saturated rings. The van der Waals surface area contributed by atoms with Crippen LogP contribution in [0, 0.1) is 0 Å². The summed E-state index contributed by atoms with van der Waals surface area (Å²) in [6, 6.07) is 0. The van der Waals surface area contributed by atoms with Crippen LogP contribution < -0.4 is 0 Å². The fraction of sp³-hybridized carbons (Fsp3) is 0.500. The molecule has 2 rings (SSSR count). The zero-order chi connectivity index (χ0) is 10.7. The third kappa shape index (κ3) is 2.21. The van der Waals surface area contributed by atoms with Crippen LogP contribution in [0.5, 0.6) is 0 Å². The first-order valence-electron chi connectivity index (χ1n) is 4.45. The summed E-state index contributed by atoms with van der Waals surface area (Å²) in [5, 5.41) is 11.1. The van der Waals surface area contributed by atoms with Crippen LogP contribution in [0.1, 0.15) is 5.69 Å². The van der Waals surface area contributed by atoms with Gasteiger partial charge in [-0.3, -0.25) is 4.98 Å². The molecule has 6 nitrogen and oxygen atoms in total. The maximum Gasteiger partial charge on any atom is 0.197 e. The molecule has 0 aliphatic carbocycles. The van der Waals surface area contributed by atoms with Crippen molar-refractivity contribution in [2.24, 2.45) is 0 Å². The van der Waals surface area contributed by atoms with E-state index in [1.807, 2.05) is 0 Å². The molecule has 0 spiro atoms. The summed E-state index contributed by atoms with van der Waals surface area (Å²) in [5.41, 5.74) is 1.49. The van der Waals surface area contributed by atoms with Crippen molar-refractivity contribution in [2.75, 3.05) is 13.7 Å². The zero-order valence-corrected chi connectivity index (χ0v) is 8.92. The van der Waals surface area contributed by atoms with Gasteiger partial charge in [-0.05, 0) is 10.4 Å². The topological polar surface area (TPSA) is 65.2 Å². The third-order valence-electron chi connectivity index (χ3n) is 1.96. The molecule has 2 heterocycles. The number of aromatic nitrogens is 5. The van der Waals surface area contributed by atoms with E-state index in [-0.39, 0.29) is 5.38 Å². The van der Waals surface area contributed by atoms with E-state index in [9.17, 15) is 0 Å². The molecule has 2 aromatic heterocycles. The summed E-state index contributed by atoms with van der Waals surface area (Å²) in [7, 11) is 1.62. The molecule has 0 N–H and O–H groups in total. The summed E-state index contributed by atoms with van der Waals surface area (Å²) in [6.07, 6.45) is 3.92. The molecule has 0 saturated carbocycles. The first kappa shape index (κ1) is 10.3. The lowest BCUT2D eigenvalue weighted by Gasteiger charge is -2.07. The summed E-state index contributed by atoms with van der Waals surface area (Å²) >= 11 is 6.05. The van der Waals surface area contributed by atoms with Crippen LogP contribution in [-0.4, -0.2) is 44.1 Å². The SMILES string of the molecule is COCC(Cl)Cc1cncc2nnnn12. The molecule has 80 valence electrons. The van der Waals surface area contributed by atoms with E-state index >= 15 is 0 Å².